The molecule has 0 unspecified atom stereocenters. The fraction of sp³-hybridized carbons (Fsp3) is 0.250. The molecule has 0 amide bonds. The third-order valence-corrected chi connectivity index (χ3v) is 9.02. The maximum atomic E-state index is 13.3. The summed E-state index contributed by atoms with van der Waals surface area (Å²) in [6.45, 7) is -7.21. The Morgan fingerprint density at radius 3 is 0.902 bits per heavy atom. The Morgan fingerprint density at radius 1 is 0.426 bits per heavy atom. The van der Waals surface area contributed by atoms with E-state index in [1.807, 2.05) is 0 Å². The van der Waals surface area contributed by atoms with Crippen molar-refractivity contribution in [2.24, 2.45) is 0 Å². The summed E-state index contributed by atoms with van der Waals surface area (Å²) in [4.78, 5) is 35.9. The highest BCUT2D eigenvalue weighted by Crippen LogP contribution is 2.42. The van der Waals surface area contributed by atoms with E-state index in [9.17, 15) is 93.2 Å². The number of alkyl halides is 15. The number of esters is 3. The van der Waals surface area contributed by atoms with E-state index in [0.29, 0.717) is 0 Å². The Bertz CT molecular complexity index is 2270. The molecule has 0 saturated carbocycles. The molecule has 9 nitrogen and oxygen atoms in total. The van der Waals surface area contributed by atoms with E-state index in [0.717, 1.165) is 84.9 Å². The van der Waals surface area contributed by atoms with Crippen LogP contribution in [0.5, 0.6) is 0 Å². The van der Waals surface area contributed by atoms with E-state index in [2.05, 4.69) is 14.2 Å². The Kier molecular flexibility index (Phi) is 13.2. The van der Waals surface area contributed by atoms with Gasteiger partial charge in [0.25, 0.3) is 10.1 Å². The molecule has 0 saturated heterocycles. The van der Waals surface area contributed by atoms with Gasteiger partial charge in [-0.05, 0) is 70.8 Å². The van der Waals surface area contributed by atoms with Crippen LogP contribution in [0.1, 0.15) is 31.1 Å². The number of halogens is 15. The average Bonchev–Trinajstić information content (AvgIpc) is 3.16. The second kappa shape index (κ2) is 16.9. The lowest BCUT2D eigenvalue weighted by Gasteiger charge is -2.19. The van der Waals surface area contributed by atoms with Crippen molar-refractivity contribution in [2.75, 3.05) is 19.8 Å². The Hall–Kier alpha value is -5.85. The predicted octanol–water partition coefficient (Wildman–Crippen LogP) is 10.00. The van der Waals surface area contributed by atoms with E-state index < -0.39 is 117 Å². The lowest BCUT2D eigenvalue weighted by atomic mass is 9.92. The standard InChI is InChI=1S/C36H21F15O9S/c37-31(38,34(43,44)45)15-58-28(52)21-7-1-18(2-8-21)24-13-25(19-3-9-22(10-4-19)29(53)59-16-32(39,40)35(46,47)48)27(61(55,56)57)26(14-24)20-5-11-23(12-6-20)30(54)60-17-33(41,42)36(49,50)51/h1-14H,15-17H2,(H,55,56,57). The normalized spacial score (nSPS) is 13.1. The van der Waals surface area contributed by atoms with Crippen LogP contribution in [0.4, 0.5) is 65.9 Å². The molecule has 0 aliphatic heterocycles. The summed E-state index contributed by atoms with van der Waals surface area (Å²) in [5, 5.41) is 0. The van der Waals surface area contributed by atoms with Crippen LogP contribution < -0.4 is 0 Å². The van der Waals surface area contributed by atoms with Gasteiger partial charge in [-0.2, -0.15) is 74.3 Å². The van der Waals surface area contributed by atoms with Crippen LogP contribution in [0.2, 0.25) is 0 Å². The molecule has 0 aliphatic rings. The molecule has 1 N–H and O–H groups in total. The lowest BCUT2D eigenvalue weighted by Crippen LogP contribution is -2.41. The third kappa shape index (κ3) is 11.1. The molecule has 0 bridgehead atoms. The summed E-state index contributed by atoms with van der Waals surface area (Å²) in [6.07, 6.45) is -18.2. The van der Waals surface area contributed by atoms with Gasteiger partial charge < -0.3 is 14.2 Å². The minimum atomic E-state index is -6.08. The minimum absolute atomic E-state index is 0.00172. The molecular formula is C36H21F15O9S. The van der Waals surface area contributed by atoms with Crippen LogP contribution in [0.15, 0.2) is 89.8 Å². The molecular weight excluding hydrogens is 893 g/mol. The van der Waals surface area contributed by atoms with E-state index in [1.54, 1.807) is 0 Å². The quantitative estimate of drug-likeness (QED) is 0.0602. The van der Waals surface area contributed by atoms with Crippen molar-refractivity contribution in [2.45, 2.75) is 41.2 Å². The van der Waals surface area contributed by atoms with Crippen LogP contribution in [0.3, 0.4) is 0 Å². The van der Waals surface area contributed by atoms with Crippen molar-refractivity contribution in [3.8, 4) is 33.4 Å². The lowest BCUT2D eigenvalue weighted by molar-refractivity contribution is -0.292. The van der Waals surface area contributed by atoms with Crippen LogP contribution in [0, 0.1) is 0 Å². The van der Waals surface area contributed by atoms with Crippen LogP contribution in [-0.2, 0) is 24.3 Å². The first-order valence-corrected chi connectivity index (χ1v) is 17.5. The largest absolute Gasteiger partial charge is 0.456 e. The molecule has 25 heteroatoms. The van der Waals surface area contributed by atoms with E-state index in [-0.39, 0.29) is 22.3 Å². The van der Waals surface area contributed by atoms with Crippen LogP contribution in [0.25, 0.3) is 33.4 Å². The monoisotopic (exact) mass is 914 g/mol. The highest BCUT2D eigenvalue weighted by Gasteiger charge is 2.60. The molecule has 0 aromatic heterocycles. The molecule has 0 fully saturated rings. The summed E-state index contributed by atoms with van der Waals surface area (Å²) >= 11 is 0. The summed E-state index contributed by atoms with van der Waals surface area (Å²) in [5.41, 5.74) is -3.37. The highest BCUT2D eigenvalue weighted by molar-refractivity contribution is 7.86. The molecule has 0 atom stereocenters. The first kappa shape index (κ1) is 47.8. The number of hydrogen-bond donors (Lipinski definition) is 1. The second-order valence-corrected chi connectivity index (χ2v) is 13.8. The smallest absolute Gasteiger partial charge is 0.455 e. The van der Waals surface area contributed by atoms with Gasteiger partial charge in [-0.15, -0.1) is 0 Å². The number of rotatable bonds is 13. The molecule has 330 valence electrons. The topological polar surface area (TPSA) is 133 Å². The first-order valence-electron chi connectivity index (χ1n) is 16.1. The van der Waals surface area contributed by atoms with Crippen molar-refractivity contribution >= 4 is 28.0 Å². The van der Waals surface area contributed by atoms with Crippen molar-refractivity contribution in [3.05, 3.63) is 102 Å². The maximum Gasteiger partial charge on any atom is 0.456 e. The van der Waals surface area contributed by atoms with Gasteiger partial charge in [0.2, 0.25) is 0 Å². The van der Waals surface area contributed by atoms with Crippen LogP contribution in [-0.4, -0.2) is 87.0 Å². The predicted molar refractivity (Wildman–Crippen MR) is 176 cm³/mol. The van der Waals surface area contributed by atoms with Crippen molar-refractivity contribution in [1.82, 2.24) is 0 Å². The first-order chi connectivity index (χ1) is 27.8. The molecule has 4 aromatic rings. The summed E-state index contributed by atoms with van der Waals surface area (Å²) < 4.78 is 241. The molecule has 4 aromatic carbocycles. The van der Waals surface area contributed by atoms with E-state index in [4.69, 9.17) is 0 Å². The summed E-state index contributed by atoms with van der Waals surface area (Å²) in [7, 11) is -5.40. The average molecular weight is 915 g/mol. The van der Waals surface area contributed by atoms with Crippen molar-refractivity contribution in [1.29, 1.82) is 0 Å². The van der Waals surface area contributed by atoms with Gasteiger partial charge in [0, 0.05) is 11.1 Å². The Labute approximate surface area is 331 Å². The van der Waals surface area contributed by atoms with Crippen LogP contribution >= 0.6 is 0 Å². The molecule has 0 spiro atoms. The SMILES string of the molecule is O=C(OCC(F)(F)C(F)(F)F)c1ccc(-c2cc(-c3ccc(C(=O)OCC(F)(F)C(F)(F)F)cc3)c(S(=O)(=O)O)c(-c3ccc(C(=O)OCC(F)(F)C(F)(F)F)cc3)c2)cc1. The Balaban J connectivity index is 1.80. The van der Waals surface area contributed by atoms with Crippen molar-refractivity contribution < 1.29 is 107 Å². The van der Waals surface area contributed by atoms with E-state index >= 15 is 0 Å². The maximum absolute atomic E-state index is 13.3. The zero-order chi connectivity index (χ0) is 46.1. The van der Waals surface area contributed by atoms with Gasteiger partial charge in [-0.3, -0.25) is 4.55 Å². The fourth-order valence-corrected chi connectivity index (χ4v) is 5.75. The zero-order valence-corrected chi connectivity index (χ0v) is 30.3. The summed E-state index contributed by atoms with van der Waals surface area (Å²) in [5.74, 6) is -21.3. The Morgan fingerprint density at radius 2 is 0.672 bits per heavy atom. The van der Waals surface area contributed by atoms with Gasteiger partial charge in [0.1, 0.15) is 4.90 Å². The molecule has 0 aliphatic carbocycles. The number of carbonyl (C=O) groups is 3. The number of carbonyl (C=O) groups excluding carboxylic acids is 3. The van der Waals surface area contributed by atoms with Gasteiger partial charge in [0.15, 0.2) is 19.8 Å². The number of benzene rings is 4. The number of ether oxygens (including phenoxy) is 3. The fourth-order valence-electron chi connectivity index (χ4n) is 4.84. The second-order valence-electron chi connectivity index (χ2n) is 12.4. The van der Waals surface area contributed by atoms with Crippen molar-refractivity contribution in [3.63, 3.8) is 0 Å². The highest BCUT2D eigenvalue weighted by atomic mass is 32.2. The van der Waals surface area contributed by atoms with Gasteiger partial charge in [-0.25, -0.2) is 14.4 Å². The number of hydrogen-bond acceptors (Lipinski definition) is 8. The zero-order valence-electron chi connectivity index (χ0n) is 29.5. The van der Waals surface area contributed by atoms with E-state index in [1.165, 1.54) is 0 Å². The minimum Gasteiger partial charge on any atom is -0.455 e. The van der Waals surface area contributed by atoms with Gasteiger partial charge >= 0.3 is 54.2 Å². The molecule has 0 radical (unpaired) electrons. The molecule has 4 rings (SSSR count). The molecule has 61 heavy (non-hydrogen) atoms. The third-order valence-electron chi connectivity index (χ3n) is 8.06. The van der Waals surface area contributed by atoms with Gasteiger partial charge in [0.05, 0.1) is 16.7 Å². The molecule has 0 heterocycles. The summed E-state index contributed by atoms with van der Waals surface area (Å²) in [6, 6.07) is 12.8. The van der Waals surface area contributed by atoms with Gasteiger partial charge in [-0.1, -0.05) is 36.4 Å².